The highest BCUT2D eigenvalue weighted by Crippen LogP contribution is 2.26. The Labute approximate surface area is 132 Å². The monoisotopic (exact) mass is 308 g/mol. The third-order valence-electron chi connectivity index (χ3n) is 4.18. The van der Waals surface area contributed by atoms with E-state index in [1.807, 2.05) is 25.1 Å². The van der Waals surface area contributed by atoms with Crippen molar-refractivity contribution in [2.75, 3.05) is 11.9 Å². The molecule has 0 unspecified atom stereocenters. The predicted octanol–water partition coefficient (Wildman–Crippen LogP) is 4.24. The number of nitrogens with one attached hydrogen (secondary N) is 1. The number of halogens is 1. The average molecular weight is 309 g/mol. The Kier molecular flexibility index (Phi) is 5.65. The molecule has 1 aromatic carbocycles. The highest BCUT2D eigenvalue weighted by molar-refractivity contribution is 6.33. The van der Waals surface area contributed by atoms with Crippen LogP contribution in [0, 0.1) is 6.92 Å². The van der Waals surface area contributed by atoms with Crippen LogP contribution in [0.3, 0.4) is 0 Å². The van der Waals surface area contributed by atoms with Gasteiger partial charge in [0.15, 0.2) is 0 Å². The molecule has 0 radical (unpaired) electrons. The van der Waals surface area contributed by atoms with Gasteiger partial charge in [-0.2, -0.15) is 0 Å². The Bertz CT molecular complexity index is 496. The van der Waals surface area contributed by atoms with E-state index in [1.54, 1.807) is 0 Å². The number of nitrogens with zero attached hydrogens (tertiary/aromatic N) is 1. The van der Waals surface area contributed by atoms with E-state index < -0.39 is 0 Å². The van der Waals surface area contributed by atoms with Crippen LogP contribution < -0.4 is 5.32 Å². The molecule has 1 fully saturated rings. The maximum Gasteiger partial charge on any atom is 0.238 e. The first kappa shape index (κ1) is 16.3. The third-order valence-corrected chi connectivity index (χ3v) is 4.49. The van der Waals surface area contributed by atoms with Gasteiger partial charge in [-0.1, -0.05) is 30.5 Å². The SMILES string of the molecule is Cc1ccc(NC(=O)CN(C(C)C)C2CCCC2)c(Cl)c1. The van der Waals surface area contributed by atoms with E-state index in [2.05, 4.69) is 24.1 Å². The number of carbonyl (C=O) groups is 1. The number of aryl methyl sites for hydroxylation is 1. The maximum absolute atomic E-state index is 12.3. The summed E-state index contributed by atoms with van der Waals surface area (Å²) in [6, 6.07) is 6.62. The highest BCUT2D eigenvalue weighted by atomic mass is 35.5. The summed E-state index contributed by atoms with van der Waals surface area (Å²) in [4.78, 5) is 14.6. The van der Waals surface area contributed by atoms with Crippen molar-refractivity contribution in [1.82, 2.24) is 4.90 Å². The molecule has 0 aromatic heterocycles. The van der Waals surface area contributed by atoms with Crippen molar-refractivity contribution >= 4 is 23.2 Å². The molecule has 0 bridgehead atoms. The van der Waals surface area contributed by atoms with Gasteiger partial charge in [-0.15, -0.1) is 0 Å². The Morgan fingerprint density at radius 2 is 2.05 bits per heavy atom. The lowest BCUT2D eigenvalue weighted by molar-refractivity contribution is -0.118. The molecule has 1 aliphatic rings. The molecule has 1 saturated carbocycles. The van der Waals surface area contributed by atoms with Gasteiger partial charge >= 0.3 is 0 Å². The lowest BCUT2D eigenvalue weighted by Crippen LogP contribution is -2.43. The second kappa shape index (κ2) is 7.28. The van der Waals surface area contributed by atoms with Crippen LogP contribution >= 0.6 is 11.6 Å². The predicted molar refractivity (Wildman–Crippen MR) is 88.9 cm³/mol. The molecule has 3 nitrogen and oxygen atoms in total. The van der Waals surface area contributed by atoms with E-state index >= 15 is 0 Å². The van der Waals surface area contributed by atoms with Crippen molar-refractivity contribution in [2.45, 2.75) is 58.5 Å². The van der Waals surface area contributed by atoms with Crippen molar-refractivity contribution in [2.24, 2.45) is 0 Å². The van der Waals surface area contributed by atoms with E-state index in [0.717, 1.165) is 5.56 Å². The second-order valence-electron chi connectivity index (χ2n) is 6.24. The molecule has 0 saturated heterocycles. The number of anilines is 1. The molecule has 1 amide bonds. The summed E-state index contributed by atoms with van der Waals surface area (Å²) in [5, 5.41) is 3.53. The average Bonchev–Trinajstić information content (AvgIpc) is 2.92. The van der Waals surface area contributed by atoms with E-state index in [4.69, 9.17) is 11.6 Å². The maximum atomic E-state index is 12.3. The van der Waals surface area contributed by atoms with E-state index in [1.165, 1.54) is 25.7 Å². The summed E-state index contributed by atoms with van der Waals surface area (Å²) in [5.41, 5.74) is 1.79. The van der Waals surface area contributed by atoms with Crippen LogP contribution in [0.5, 0.6) is 0 Å². The summed E-state index contributed by atoms with van der Waals surface area (Å²) < 4.78 is 0. The molecular formula is C17H25ClN2O. The largest absolute Gasteiger partial charge is 0.324 e. The van der Waals surface area contributed by atoms with Gasteiger partial charge < -0.3 is 5.32 Å². The van der Waals surface area contributed by atoms with Crippen LogP contribution in [0.15, 0.2) is 18.2 Å². The molecule has 4 heteroatoms. The molecule has 1 aromatic rings. The zero-order valence-corrected chi connectivity index (χ0v) is 13.9. The Morgan fingerprint density at radius 1 is 1.38 bits per heavy atom. The van der Waals surface area contributed by atoms with Gasteiger partial charge in [0.1, 0.15) is 0 Å². The standard InChI is InChI=1S/C17H25ClN2O/c1-12(2)20(14-6-4-5-7-14)11-17(21)19-16-9-8-13(3)10-15(16)18/h8-10,12,14H,4-7,11H2,1-3H3,(H,19,21). The van der Waals surface area contributed by atoms with E-state index in [0.29, 0.717) is 29.3 Å². The van der Waals surface area contributed by atoms with E-state index in [-0.39, 0.29) is 5.91 Å². The minimum atomic E-state index is 0.0151. The smallest absolute Gasteiger partial charge is 0.238 e. The highest BCUT2D eigenvalue weighted by Gasteiger charge is 2.26. The summed E-state index contributed by atoms with van der Waals surface area (Å²) in [6.45, 7) is 6.74. The fraction of sp³-hybridized carbons (Fsp3) is 0.588. The van der Waals surface area contributed by atoms with Crippen molar-refractivity contribution < 1.29 is 4.79 Å². The summed E-state index contributed by atoms with van der Waals surface area (Å²) in [7, 11) is 0. The van der Waals surface area contributed by atoms with Crippen molar-refractivity contribution in [3.8, 4) is 0 Å². The van der Waals surface area contributed by atoms with Crippen molar-refractivity contribution in [1.29, 1.82) is 0 Å². The number of benzene rings is 1. The topological polar surface area (TPSA) is 32.3 Å². The second-order valence-corrected chi connectivity index (χ2v) is 6.64. The number of rotatable bonds is 5. The zero-order valence-electron chi connectivity index (χ0n) is 13.2. The Morgan fingerprint density at radius 3 is 2.62 bits per heavy atom. The van der Waals surface area contributed by atoms with Crippen LogP contribution in [0.25, 0.3) is 0 Å². The molecule has 0 heterocycles. The summed E-state index contributed by atoms with van der Waals surface area (Å²) in [6.07, 6.45) is 4.96. The van der Waals surface area contributed by atoms with Crippen molar-refractivity contribution in [3.63, 3.8) is 0 Å². The summed E-state index contributed by atoms with van der Waals surface area (Å²) in [5.74, 6) is 0.0151. The Balaban J connectivity index is 1.98. The quantitative estimate of drug-likeness (QED) is 0.882. The van der Waals surface area contributed by atoms with Crippen LogP contribution in [0.1, 0.15) is 45.1 Å². The molecule has 2 rings (SSSR count). The molecule has 0 aliphatic heterocycles. The first-order chi connectivity index (χ1) is 9.97. The van der Waals surface area contributed by atoms with Crippen LogP contribution in [-0.2, 0) is 4.79 Å². The lowest BCUT2D eigenvalue weighted by atomic mass is 10.1. The minimum Gasteiger partial charge on any atom is -0.324 e. The molecule has 21 heavy (non-hydrogen) atoms. The first-order valence-electron chi connectivity index (χ1n) is 7.79. The van der Waals surface area contributed by atoms with Crippen molar-refractivity contribution in [3.05, 3.63) is 28.8 Å². The molecule has 0 atom stereocenters. The van der Waals surface area contributed by atoms with Gasteiger partial charge in [0.25, 0.3) is 0 Å². The van der Waals surface area contributed by atoms with Gasteiger partial charge in [0.05, 0.1) is 17.3 Å². The van der Waals surface area contributed by atoms with Gasteiger partial charge in [0.2, 0.25) is 5.91 Å². The fourth-order valence-corrected chi connectivity index (χ4v) is 3.33. The minimum absolute atomic E-state index is 0.0151. The zero-order chi connectivity index (χ0) is 15.4. The van der Waals surface area contributed by atoms with Gasteiger partial charge in [-0.3, -0.25) is 9.69 Å². The lowest BCUT2D eigenvalue weighted by Gasteiger charge is -2.31. The van der Waals surface area contributed by atoms with E-state index in [9.17, 15) is 4.79 Å². The third kappa shape index (κ3) is 4.45. The fourth-order valence-electron chi connectivity index (χ4n) is 3.05. The normalized spacial score (nSPS) is 15.9. The molecular weight excluding hydrogens is 284 g/mol. The van der Waals surface area contributed by atoms with Crippen LogP contribution in [0.4, 0.5) is 5.69 Å². The number of hydrogen-bond donors (Lipinski definition) is 1. The van der Waals surface area contributed by atoms with Gasteiger partial charge in [-0.25, -0.2) is 0 Å². The van der Waals surface area contributed by atoms with Gasteiger partial charge in [-0.05, 0) is 51.3 Å². The number of carbonyl (C=O) groups excluding carboxylic acids is 1. The molecule has 1 aliphatic carbocycles. The molecule has 0 spiro atoms. The van der Waals surface area contributed by atoms with Crippen LogP contribution in [-0.4, -0.2) is 29.4 Å². The van der Waals surface area contributed by atoms with Crippen LogP contribution in [0.2, 0.25) is 5.02 Å². The summed E-state index contributed by atoms with van der Waals surface area (Å²) >= 11 is 6.17. The Hall–Kier alpha value is -1.06. The molecule has 116 valence electrons. The first-order valence-corrected chi connectivity index (χ1v) is 8.17. The number of hydrogen-bond acceptors (Lipinski definition) is 2. The number of amides is 1. The van der Waals surface area contributed by atoms with Gasteiger partial charge in [0, 0.05) is 12.1 Å². The molecule has 1 N–H and O–H groups in total.